The third-order valence-electron chi connectivity index (χ3n) is 4.36. The van der Waals surface area contributed by atoms with E-state index in [2.05, 4.69) is 0 Å². The van der Waals surface area contributed by atoms with Crippen molar-refractivity contribution in [2.45, 2.75) is 57.5 Å². The first-order chi connectivity index (χ1) is 7.17. The second-order valence-corrected chi connectivity index (χ2v) is 5.13. The maximum Gasteiger partial charge on any atom is 0.310 e. The summed E-state index contributed by atoms with van der Waals surface area (Å²) >= 11 is 0. The molecule has 2 unspecified atom stereocenters. The molecule has 0 bridgehead atoms. The summed E-state index contributed by atoms with van der Waals surface area (Å²) in [6, 6.07) is 0. The highest BCUT2D eigenvalue weighted by molar-refractivity contribution is 5.75. The molecule has 2 N–H and O–H groups in total. The second kappa shape index (κ2) is 4.12. The number of aliphatic hydroxyl groups excluding tert-OH is 1. The molecule has 0 aliphatic heterocycles. The van der Waals surface area contributed by atoms with Gasteiger partial charge < -0.3 is 10.2 Å². The Balaban J connectivity index is 2.19. The lowest BCUT2D eigenvalue weighted by atomic mass is 9.66. The Bertz CT molecular complexity index is 243. The van der Waals surface area contributed by atoms with E-state index in [0.29, 0.717) is 0 Å². The van der Waals surface area contributed by atoms with Crippen LogP contribution in [0.2, 0.25) is 0 Å². The third-order valence-corrected chi connectivity index (χ3v) is 4.36. The molecule has 2 saturated carbocycles. The van der Waals surface area contributed by atoms with Gasteiger partial charge in [0.1, 0.15) is 0 Å². The maximum atomic E-state index is 11.5. The van der Waals surface area contributed by atoms with Gasteiger partial charge in [-0.2, -0.15) is 0 Å². The summed E-state index contributed by atoms with van der Waals surface area (Å²) in [5, 5.41) is 19.4. The van der Waals surface area contributed by atoms with Gasteiger partial charge in [0.05, 0.1) is 11.5 Å². The van der Waals surface area contributed by atoms with E-state index in [1.807, 2.05) is 0 Å². The number of carboxylic acids is 1. The highest BCUT2D eigenvalue weighted by atomic mass is 16.4. The molecule has 0 radical (unpaired) electrons. The van der Waals surface area contributed by atoms with E-state index in [-0.39, 0.29) is 12.0 Å². The van der Waals surface area contributed by atoms with E-state index in [1.54, 1.807) is 0 Å². The van der Waals surface area contributed by atoms with E-state index >= 15 is 0 Å². The fourth-order valence-electron chi connectivity index (χ4n) is 3.51. The smallest absolute Gasteiger partial charge is 0.310 e. The molecule has 0 aromatic heterocycles. The van der Waals surface area contributed by atoms with Crippen molar-refractivity contribution in [2.75, 3.05) is 0 Å². The van der Waals surface area contributed by atoms with Crippen molar-refractivity contribution in [3.05, 3.63) is 0 Å². The molecule has 2 atom stereocenters. The minimum absolute atomic E-state index is 0.00579. The summed E-state index contributed by atoms with van der Waals surface area (Å²) in [5.74, 6) is -0.669. The van der Waals surface area contributed by atoms with Gasteiger partial charge in [-0.05, 0) is 25.7 Å². The molecule has 0 saturated heterocycles. The van der Waals surface area contributed by atoms with Crippen molar-refractivity contribution in [1.82, 2.24) is 0 Å². The van der Waals surface area contributed by atoms with Crippen molar-refractivity contribution in [2.24, 2.45) is 11.3 Å². The van der Waals surface area contributed by atoms with E-state index in [9.17, 15) is 15.0 Å². The predicted octanol–water partition coefficient (Wildman–Crippen LogP) is 2.18. The van der Waals surface area contributed by atoms with Crippen LogP contribution in [0.1, 0.15) is 51.4 Å². The average Bonchev–Trinajstić information content (AvgIpc) is 2.68. The quantitative estimate of drug-likeness (QED) is 0.737. The number of hydrogen-bond donors (Lipinski definition) is 2. The van der Waals surface area contributed by atoms with Gasteiger partial charge >= 0.3 is 5.97 Å². The fourth-order valence-corrected chi connectivity index (χ4v) is 3.51. The summed E-state index contributed by atoms with van der Waals surface area (Å²) < 4.78 is 0. The Morgan fingerprint density at radius 3 is 2.20 bits per heavy atom. The van der Waals surface area contributed by atoms with Gasteiger partial charge in [-0.1, -0.05) is 25.7 Å². The standard InChI is InChI=1S/C12H20O3/c13-10-6-2-1-5-9(10)12(11(14)15)7-3-4-8-12/h9-10,13H,1-8H2,(H,14,15). The number of rotatable bonds is 2. The molecule has 2 rings (SSSR count). The van der Waals surface area contributed by atoms with Crippen LogP contribution in [0.15, 0.2) is 0 Å². The first-order valence-corrected chi connectivity index (χ1v) is 6.08. The van der Waals surface area contributed by atoms with Crippen molar-refractivity contribution >= 4 is 5.97 Å². The predicted molar refractivity (Wildman–Crippen MR) is 56.5 cm³/mol. The molecule has 0 spiro atoms. The topological polar surface area (TPSA) is 57.5 Å². The number of carboxylic acid groups (broad SMARTS) is 1. The molecule has 2 fully saturated rings. The summed E-state index contributed by atoms with van der Waals surface area (Å²) in [6.07, 6.45) is 6.99. The van der Waals surface area contributed by atoms with Crippen LogP contribution in [0.3, 0.4) is 0 Å². The Morgan fingerprint density at radius 2 is 1.67 bits per heavy atom. The normalized spacial score (nSPS) is 35.3. The minimum atomic E-state index is -0.675. The van der Waals surface area contributed by atoms with Gasteiger partial charge in [0, 0.05) is 5.92 Å². The van der Waals surface area contributed by atoms with Gasteiger partial charge in [0.2, 0.25) is 0 Å². The van der Waals surface area contributed by atoms with Crippen LogP contribution in [-0.2, 0) is 4.79 Å². The fraction of sp³-hybridized carbons (Fsp3) is 0.917. The van der Waals surface area contributed by atoms with Crippen LogP contribution in [0.25, 0.3) is 0 Å². The lowest BCUT2D eigenvalue weighted by Gasteiger charge is -2.39. The first kappa shape index (κ1) is 10.9. The first-order valence-electron chi connectivity index (χ1n) is 6.08. The highest BCUT2D eigenvalue weighted by Gasteiger charge is 2.50. The molecular weight excluding hydrogens is 192 g/mol. The van der Waals surface area contributed by atoms with E-state index < -0.39 is 11.4 Å². The molecule has 0 aromatic rings. The van der Waals surface area contributed by atoms with Gasteiger partial charge in [-0.25, -0.2) is 0 Å². The zero-order valence-electron chi connectivity index (χ0n) is 9.11. The van der Waals surface area contributed by atoms with Gasteiger partial charge in [-0.15, -0.1) is 0 Å². The molecule has 15 heavy (non-hydrogen) atoms. The Morgan fingerprint density at radius 1 is 1.07 bits per heavy atom. The molecule has 0 amide bonds. The molecule has 3 heteroatoms. The van der Waals surface area contributed by atoms with Gasteiger partial charge in [-0.3, -0.25) is 4.79 Å². The number of aliphatic hydroxyl groups is 1. The van der Waals surface area contributed by atoms with E-state index in [1.165, 1.54) is 0 Å². The molecule has 86 valence electrons. The maximum absolute atomic E-state index is 11.5. The van der Waals surface area contributed by atoms with Gasteiger partial charge in [0.15, 0.2) is 0 Å². The van der Waals surface area contributed by atoms with Crippen molar-refractivity contribution in [3.63, 3.8) is 0 Å². The number of aliphatic carboxylic acids is 1. The molecular formula is C12H20O3. The molecule has 2 aliphatic rings. The zero-order chi connectivity index (χ0) is 10.9. The van der Waals surface area contributed by atoms with E-state index in [4.69, 9.17) is 0 Å². The average molecular weight is 212 g/mol. The van der Waals surface area contributed by atoms with Crippen LogP contribution in [0.4, 0.5) is 0 Å². The molecule has 0 heterocycles. The summed E-state index contributed by atoms with van der Waals surface area (Å²) in [6.45, 7) is 0. The highest BCUT2D eigenvalue weighted by Crippen LogP contribution is 2.49. The van der Waals surface area contributed by atoms with Crippen LogP contribution in [-0.4, -0.2) is 22.3 Å². The Hall–Kier alpha value is -0.570. The van der Waals surface area contributed by atoms with Gasteiger partial charge in [0.25, 0.3) is 0 Å². The lowest BCUT2D eigenvalue weighted by molar-refractivity contribution is -0.157. The van der Waals surface area contributed by atoms with Crippen LogP contribution in [0.5, 0.6) is 0 Å². The van der Waals surface area contributed by atoms with Crippen LogP contribution >= 0.6 is 0 Å². The molecule has 0 aromatic carbocycles. The summed E-state index contributed by atoms with van der Waals surface area (Å²) in [5.41, 5.74) is -0.597. The third kappa shape index (κ3) is 1.78. The van der Waals surface area contributed by atoms with Crippen LogP contribution in [0, 0.1) is 11.3 Å². The monoisotopic (exact) mass is 212 g/mol. The second-order valence-electron chi connectivity index (χ2n) is 5.13. The SMILES string of the molecule is O=C(O)C1(C2CCCCC2O)CCCC1. The largest absolute Gasteiger partial charge is 0.481 e. The van der Waals surface area contributed by atoms with Crippen molar-refractivity contribution in [3.8, 4) is 0 Å². The lowest BCUT2D eigenvalue weighted by Crippen LogP contribution is -2.43. The molecule has 2 aliphatic carbocycles. The van der Waals surface area contributed by atoms with E-state index in [0.717, 1.165) is 51.4 Å². The molecule has 3 nitrogen and oxygen atoms in total. The Labute approximate surface area is 90.5 Å². The summed E-state index contributed by atoms with van der Waals surface area (Å²) in [4.78, 5) is 11.5. The zero-order valence-corrected chi connectivity index (χ0v) is 9.11. The Kier molecular flexibility index (Phi) is 3.01. The van der Waals surface area contributed by atoms with Crippen molar-refractivity contribution < 1.29 is 15.0 Å². The number of hydrogen-bond acceptors (Lipinski definition) is 2. The minimum Gasteiger partial charge on any atom is -0.481 e. The summed E-state index contributed by atoms with van der Waals surface area (Å²) in [7, 11) is 0. The number of carbonyl (C=O) groups is 1. The van der Waals surface area contributed by atoms with Crippen molar-refractivity contribution in [1.29, 1.82) is 0 Å². The van der Waals surface area contributed by atoms with Crippen LogP contribution < -0.4 is 0 Å².